The van der Waals surface area contributed by atoms with E-state index in [4.69, 9.17) is 0 Å². The summed E-state index contributed by atoms with van der Waals surface area (Å²) in [5, 5.41) is 23.0. The Morgan fingerprint density at radius 2 is 1.96 bits per heavy atom. The molecule has 138 valence electrons. The average molecular weight is 382 g/mol. The number of aromatic nitrogens is 3. The number of amides is 1. The van der Waals surface area contributed by atoms with Gasteiger partial charge < -0.3 is 10.4 Å². The zero-order chi connectivity index (χ0) is 19.1. The molecule has 0 saturated carbocycles. The summed E-state index contributed by atoms with van der Waals surface area (Å²) in [5.41, 5.74) is 1.93. The number of nitrogens with zero attached hydrogens (tertiary/aromatic N) is 2. The second-order valence-corrected chi connectivity index (χ2v) is 7.03. The zero-order valence-electron chi connectivity index (χ0n) is 14.3. The van der Waals surface area contributed by atoms with E-state index in [0.29, 0.717) is 11.6 Å². The standard InChI is InChI=1S/C19H18N4O3S/c24-17(9-13-5-2-1-3-6-13)20-11-16(27-18-12-21-23-22-18)14-7-4-8-15(10-14)19(25)26/h1-8,10,12,16H,9,11H2,(H,20,24)(H,25,26)(H,21,22,23). The molecule has 2 aromatic carbocycles. The van der Waals surface area contributed by atoms with Crippen molar-refractivity contribution in [3.05, 3.63) is 77.5 Å². The number of aromatic carboxylic acids is 1. The second kappa shape index (κ2) is 9.00. The van der Waals surface area contributed by atoms with Gasteiger partial charge in [0.15, 0.2) is 0 Å². The number of aromatic amines is 1. The smallest absolute Gasteiger partial charge is 0.335 e. The lowest BCUT2D eigenvalue weighted by atomic mass is 10.1. The number of rotatable bonds is 8. The van der Waals surface area contributed by atoms with Crippen LogP contribution in [0.5, 0.6) is 0 Å². The van der Waals surface area contributed by atoms with E-state index in [0.717, 1.165) is 11.1 Å². The molecule has 3 N–H and O–H groups in total. The van der Waals surface area contributed by atoms with Gasteiger partial charge in [-0.05, 0) is 23.3 Å². The third-order valence-corrected chi connectivity index (χ3v) is 5.01. The van der Waals surface area contributed by atoms with Crippen LogP contribution in [-0.2, 0) is 11.2 Å². The number of thioether (sulfide) groups is 1. The molecule has 3 aromatic rings. The lowest BCUT2D eigenvalue weighted by molar-refractivity contribution is -0.120. The summed E-state index contributed by atoms with van der Waals surface area (Å²) in [7, 11) is 0. The Labute approximate surface area is 160 Å². The van der Waals surface area contributed by atoms with Crippen LogP contribution < -0.4 is 5.32 Å². The maximum atomic E-state index is 12.3. The van der Waals surface area contributed by atoms with E-state index in [2.05, 4.69) is 20.7 Å². The molecule has 0 fully saturated rings. The molecule has 0 aliphatic carbocycles. The molecular weight excluding hydrogens is 364 g/mol. The van der Waals surface area contributed by atoms with Crippen LogP contribution in [0.3, 0.4) is 0 Å². The Kier molecular flexibility index (Phi) is 6.22. The van der Waals surface area contributed by atoms with E-state index in [-0.39, 0.29) is 23.1 Å². The summed E-state index contributed by atoms with van der Waals surface area (Å²) in [6.07, 6.45) is 1.88. The monoisotopic (exact) mass is 382 g/mol. The lowest BCUT2D eigenvalue weighted by Crippen LogP contribution is -2.29. The van der Waals surface area contributed by atoms with Crippen LogP contribution in [-0.4, -0.2) is 38.9 Å². The number of carbonyl (C=O) groups is 2. The molecule has 0 saturated heterocycles. The largest absolute Gasteiger partial charge is 0.478 e. The first kappa shape index (κ1) is 18.7. The lowest BCUT2D eigenvalue weighted by Gasteiger charge is -2.17. The van der Waals surface area contributed by atoms with Gasteiger partial charge in [-0.3, -0.25) is 4.79 Å². The number of hydrogen-bond acceptors (Lipinski definition) is 5. The first-order valence-corrected chi connectivity index (χ1v) is 9.16. The Balaban J connectivity index is 1.71. The molecule has 0 radical (unpaired) electrons. The van der Waals surface area contributed by atoms with E-state index in [1.54, 1.807) is 18.3 Å². The minimum Gasteiger partial charge on any atom is -0.478 e. The molecule has 1 unspecified atom stereocenters. The number of carbonyl (C=O) groups excluding carboxylic acids is 1. The molecule has 1 amide bonds. The third kappa shape index (κ3) is 5.42. The minimum absolute atomic E-state index is 0.0960. The van der Waals surface area contributed by atoms with Gasteiger partial charge in [0.1, 0.15) is 5.03 Å². The highest BCUT2D eigenvalue weighted by atomic mass is 32.2. The van der Waals surface area contributed by atoms with Gasteiger partial charge in [-0.25, -0.2) is 4.79 Å². The van der Waals surface area contributed by atoms with Crippen molar-refractivity contribution in [3.8, 4) is 0 Å². The summed E-state index contributed by atoms with van der Waals surface area (Å²) in [6, 6.07) is 16.2. The van der Waals surface area contributed by atoms with Crippen LogP contribution in [0.15, 0.2) is 65.8 Å². The van der Waals surface area contributed by atoms with Gasteiger partial charge in [-0.15, -0.1) is 5.10 Å². The quantitative estimate of drug-likeness (QED) is 0.517. The number of carboxylic acid groups (broad SMARTS) is 1. The van der Waals surface area contributed by atoms with Crippen LogP contribution in [0.1, 0.15) is 26.7 Å². The number of nitrogens with one attached hydrogen (secondary N) is 2. The Morgan fingerprint density at radius 1 is 1.15 bits per heavy atom. The molecule has 8 heteroatoms. The maximum absolute atomic E-state index is 12.3. The first-order valence-electron chi connectivity index (χ1n) is 8.28. The Morgan fingerprint density at radius 3 is 2.67 bits per heavy atom. The van der Waals surface area contributed by atoms with Crippen molar-refractivity contribution < 1.29 is 14.7 Å². The predicted octanol–water partition coefficient (Wildman–Crippen LogP) is 2.70. The number of hydrogen-bond donors (Lipinski definition) is 3. The number of H-pyrrole nitrogens is 1. The Bertz CT molecular complexity index is 900. The van der Waals surface area contributed by atoms with Crippen molar-refractivity contribution >= 4 is 23.6 Å². The minimum atomic E-state index is -0.991. The summed E-state index contributed by atoms with van der Waals surface area (Å²) >= 11 is 1.40. The van der Waals surface area contributed by atoms with Crippen LogP contribution in [0.25, 0.3) is 0 Å². The molecule has 3 rings (SSSR count). The SMILES string of the molecule is O=C(Cc1ccccc1)NCC(Sc1cn[nH]n1)c1cccc(C(=O)O)c1. The molecule has 0 bridgehead atoms. The van der Waals surface area contributed by atoms with E-state index < -0.39 is 5.97 Å². The molecule has 0 aliphatic rings. The first-order chi connectivity index (χ1) is 13.1. The van der Waals surface area contributed by atoms with Crippen LogP contribution in [0.4, 0.5) is 0 Å². The van der Waals surface area contributed by atoms with E-state index >= 15 is 0 Å². The molecule has 1 heterocycles. The fraction of sp³-hybridized carbons (Fsp3) is 0.158. The van der Waals surface area contributed by atoms with Gasteiger partial charge in [0.2, 0.25) is 5.91 Å². The molecule has 1 aromatic heterocycles. The van der Waals surface area contributed by atoms with Gasteiger partial charge in [0, 0.05) is 6.54 Å². The second-order valence-electron chi connectivity index (χ2n) is 5.81. The molecular formula is C19H18N4O3S. The number of benzene rings is 2. The molecule has 0 spiro atoms. The van der Waals surface area contributed by atoms with Crippen LogP contribution >= 0.6 is 11.8 Å². The highest BCUT2D eigenvalue weighted by Gasteiger charge is 2.18. The average Bonchev–Trinajstić information content (AvgIpc) is 3.19. The van der Waals surface area contributed by atoms with Crippen LogP contribution in [0.2, 0.25) is 0 Å². The fourth-order valence-corrected chi connectivity index (χ4v) is 3.49. The zero-order valence-corrected chi connectivity index (χ0v) is 15.1. The van der Waals surface area contributed by atoms with Crippen molar-refractivity contribution in [1.29, 1.82) is 0 Å². The van der Waals surface area contributed by atoms with Crippen LogP contribution in [0, 0.1) is 0 Å². The van der Waals surface area contributed by atoms with Crippen molar-refractivity contribution in [3.63, 3.8) is 0 Å². The van der Waals surface area contributed by atoms with Crippen molar-refractivity contribution in [2.24, 2.45) is 0 Å². The topological polar surface area (TPSA) is 108 Å². The molecule has 0 aliphatic heterocycles. The van der Waals surface area contributed by atoms with E-state index in [1.165, 1.54) is 17.8 Å². The van der Waals surface area contributed by atoms with Crippen molar-refractivity contribution in [2.45, 2.75) is 16.7 Å². The molecule has 1 atom stereocenters. The summed E-state index contributed by atoms with van der Waals surface area (Å²) < 4.78 is 0. The van der Waals surface area contributed by atoms with Gasteiger partial charge in [0.05, 0.1) is 23.4 Å². The summed E-state index contributed by atoms with van der Waals surface area (Å²) in [4.78, 5) is 23.5. The van der Waals surface area contributed by atoms with Gasteiger partial charge in [-0.1, -0.05) is 54.2 Å². The highest BCUT2D eigenvalue weighted by Crippen LogP contribution is 2.33. The fourth-order valence-electron chi connectivity index (χ4n) is 2.54. The van der Waals surface area contributed by atoms with Crippen molar-refractivity contribution in [1.82, 2.24) is 20.7 Å². The van der Waals surface area contributed by atoms with E-state index in [1.807, 2.05) is 36.4 Å². The van der Waals surface area contributed by atoms with Gasteiger partial charge in [-0.2, -0.15) is 10.3 Å². The normalized spacial score (nSPS) is 11.7. The molecule has 27 heavy (non-hydrogen) atoms. The summed E-state index contributed by atoms with van der Waals surface area (Å²) in [5.74, 6) is -1.09. The highest BCUT2D eigenvalue weighted by molar-refractivity contribution is 7.99. The molecule has 7 nitrogen and oxygen atoms in total. The Hall–Kier alpha value is -3.13. The number of carboxylic acids is 1. The van der Waals surface area contributed by atoms with Gasteiger partial charge in [0.25, 0.3) is 0 Å². The third-order valence-electron chi connectivity index (χ3n) is 3.85. The van der Waals surface area contributed by atoms with E-state index in [9.17, 15) is 14.7 Å². The maximum Gasteiger partial charge on any atom is 0.335 e. The summed E-state index contributed by atoms with van der Waals surface area (Å²) in [6.45, 7) is 0.340. The van der Waals surface area contributed by atoms with Crippen molar-refractivity contribution in [2.75, 3.05) is 6.54 Å². The predicted molar refractivity (Wildman–Crippen MR) is 102 cm³/mol. The van der Waals surface area contributed by atoms with Gasteiger partial charge >= 0.3 is 5.97 Å².